The van der Waals surface area contributed by atoms with E-state index in [1.54, 1.807) is 12.4 Å². The fourth-order valence-corrected chi connectivity index (χ4v) is 4.55. The number of pyridine rings is 1. The second kappa shape index (κ2) is 7.53. The molecule has 166 valence electrons. The van der Waals surface area contributed by atoms with Gasteiger partial charge >= 0.3 is 6.18 Å². The van der Waals surface area contributed by atoms with Gasteiger partial charge in [0.05, 0.1) is 42.6 Å². The number of nitrogens with one attached hydrogen (secondary N) is 1. The Balaban J connectivity index is 1.37. The number of hydrogen-bond donors (Lipinski definition) is 1. The molecular formula is C20H19F3N8O. The minimum absolute atomic E-state index is 0.0131. The zero-order valence-corrected chi connectivity index (χ0v) is 17.0. The highest BCUT2D eigenvalue weighted by atomic mass is 19.4. The first-order valence-corrected chi connectivity index (χ1v) is 10.1. The van der Waals surface area contributed by atoms with Gasteiger partial charge < -0.3 is 10.2 Å². The molecule has 2 aliphatic heterocycles. The first-order valence-electron chi connectivity index (χ1n) is 10.1. The van der Waals surface area contributed by atoms with Crippen molar-refractivity contribution in [3.05, 3.63) is 54.0 Å². The van der Waals surface area contributed by atoms with Gasteiger partial charge in [-0.05, 0) is 37.8 Å². The van der Waals surface area contributed by atoms with E-state index in [-0.39, 0.29) is 35.5 Å². The van der Waals surface area contributed by atoms with Crippen molar-refractivity contribution in [2.24, 2.45) is 0 Å². The molecule has 1 amide bonds. The van der Waals surface area contributed by atoms with E-state index in [1.807, 2.05) is 17.9 Å². The smallest absolute Gasteiger partial charge is 0.364 e. The number of rotatable bonds is 4. The van der Waals surface area contributed by atoms with Crippen LogP contribution in [0.15, 0.2) is 37.1 Å². The molecule has 3 aromatic rings. The topological polar surface area (TPSA) is 102 Å². The number of aromatic nitrogens is 6. The minimum atomic E-state index is -4.54. The van der Waals surface area contributed by atoms with E-state index in [4.69, 9.17) is 0 Å². The maximum atomic E-state index is 13.5. The Labute approximate surface area is 180 Å². The Morgan fingerprint density at radius 2 is 2.00 bits per heavy atom. The maximum Gasteiger partial charge on any atom is 0.434 e. The first kappa shape index (κ1) is 20.3. The summed E-state index contributed by atoms with van der Waals surface area (Å²) in [6.07, 6.45) is 4.38. The van der Waals surface area contributed by atoms with Crippen molar-refractivity contribution in [1.82, 2.24) is 34.8 Å². The lowest BCUT2D eigenvalue weighted by atomic mass is 9.95. The second-order valence-corrected chi connectivity index (χ2v) is 8.01. The number of fused-ring (bicyclic) bond motifs is 2. The molecule has 5 heterocycles. The summed E-state index contributed by atoms with van der Waals surface area (Å²) in [4.78, 5) is 27.0. The molecule has 2 bridgehead atoms. The Morgan fingerprint density at radius 1 is 1.16 bits per heavy atom. The summed E-state index contributed by atoms with van der Waals surface area (Å²) in [6, 6.07) is 1.59. The quantitative estimate of drug-likeness (QED) is 0.660. The third-order valence-electron chi connectivity index (χ3n) is 5.92. The van der Waals surface area contributed by atoms with Crippen molar-refractivity contribution in [3.8, 4) is 5.69 Å². The molecule has 2 fully saturated rings. The zero-order valence-electron chi connectivity index (χ0n) is 17.0. The Morgan fingerprint density at radius 3 is 2.69 bits per heavy atom. The molecule has 3 unspecified atom stereocenters. The van der Waals surface area contributed by atoms with Gasteiger partial charge in [0, 0.05) is 12.2 Å². The summed E-state index contributed by atoms with van der Waals surface area (Å²) in [7, 11) is 0. The van der Waals surface area contributed by atoms with Crippen LogP contribution in [0.2, 0.25) is 0 Å². The third kappa shape index (κ3) is 3.55. The van der Waals surface area contributed by atoms with Crippen molar-refractivity contribution in [2.75, 3.05) is 5.32 Å². The van der Waals surface area contributed by atoms with Crippen molar-refractivity contribution in [3.63, 3.8) is 0 Å². The lowest BCUT2D eigenvalue weighted by Crippen LogP contribution is -2.40. The number of alkyl halides is 3. The average Bonchev–Trinajstić information content (AvgIpc) is 3.49. The number of carbonyl (C=O) groups is 1. The van der Waals surface area contributed by atoms with Gasteiger partial charge in [-0.3, -0.25) is 4.79 Å². The van der Waals surface area contributed by atoms with Crippen LogP contribution in [0.25, 0.3) is 5.69 Å². The number of amides is 1. The third-order valence-corrected chi connectivity index (χ3v) is 5.92. The number of anilines is 1. The van der Waals surface area contributed by atoms with Gasteiger partial charge in [0.2, 0.25) is 0 Å². The van der Waals surface area contributed by atoms with Gasteiger partial charge in [0.25, 0.3) is 5.91 Å². The molecule has 3 aromatic heterocycles. The normalized spacial score (nSPS) is 22.4. The van der Waals surface area contributed by atoms with Crippen molar-refractivity contribution in [2.45, 2.75) is 50.5 Å². The SMILES string of the molecule is Cc1cnc(C(=O)N2C3CCC2C(Nc2cnc(C(F)(F)F)cn2)C3)c(-n2ccnn2)c1. The zero-order chi connectivity index (χ0) is 22.5. The fourth-order valence-electron chi connectivity index (χ4n) is 4.55. The standard InChI is InChI=1S/C20H19F3N8O/c1-11-6-15(30-5-4-27-29-30)18(26-8-11)19(32)31-12-2-3-14(31)13(7-12)28-17-10-24-16(9-25-17)20(21,22)23/h4-6,8-10,12-14H,2-3,7H2,1H3,(H,25,28). The van der Waals surface area contributed by atoms with Crippen molar-refractivity contribution >= 4 is 11.7 Å². The number of nitrogens with zero attached hydrogens (tertiary/aromatic N) is 7. The highest BCUT2D eigenvalue weighted by molar-refractivity contribution is 5.96. The van der Waals surface area contributed by atoms with Crippen LogP contribution in [0.4, 0.5) is 19.0 Å². The van der Waals surface area contributed by atoms with Gasteiger partial charge in [-0.2, -0.15) is 13.2 Å². The molecule has 1 N–H and O–H groups in total. The van der Waals surface area contributed by atoms with E-state index < -0.39 is 11.9 Å². The highest BCUT2D eigenvalue weighted by Crippen LogP contribution is 2.40. The van der Waals surface area contributed by atoms with Crippen LogP contribution in [-0.4, -0.2) is 58.9 Å². The molecule has 3 atom stereocenters. The summed E-state index contributed by atoms with van der Waals surface area (Å²) in [6.45, 7) is 1.88. The van der Waals surface area contributed by atoms with Crippen LogP contribution in [0.5, 0.6) is 0 Å². The van der Waals surface area contributed by atoms with E-state index in [2.05, 4.69) is 30.6 Å². The number of aryl methyl sites for hydroxylation is 1. The van der Waals surface area contributed by atoms with Crippen molar-refractivity contribution < 1.29 is 18.0 Å². The van der Waals surface area contributed by atoms with Crippen LogP contribution in [0.3, 0.4) is 0 Å². The van der Waals surface area contributed by atoms with E-state index in [0.717, 1.165) is 24.6 Å². The molecule has 12 heteroatoms. The average molecular weight is 444 g/mol. The van der Waals surface area contributed by atoms with Gasteiger partial charge in [-0.25, -0.2) is 19.6 Å². The number of halogens is 3. The largest absolute Gasteiger partial charge is 0.434 e. The van der Waals surface area contributed by atoms with Crippen LogP contribution >= 0.6 is 0 Å². The molecule has 5 rings (SSSR count). The summed E-state index contributed by atoms with van der Waals surface area (Å²) >= 11 is 0. The summed E-state index contributed by atoms with van der Waals surface area (Å²) in [5, 5.41) is 11.0. The van der Waals surface area contributed by atoms with Crippen LogP contribution < -0.4 is 5.32 Å². The van der Waals surface area contributed by atoms with E-state index in [1.165, 1.54) is 10.9 Å². The highest BCUT2D eigenvalue weighted by Gasteiger charge is 2.49. The monoisotopic (exact) mass is 444 g/mol. The maximum absolute atomic E-state index is 13.5. The molecule has 0 aromatic carbocycles. The van der Waals surface area contributed by atoms with Crippen molar-refractivity contribution in [1.29, 1.82) is 0 Å². The second-order valence-electron chi connectivity index (χ2n) is 8.01. The molecular weight excluding hydrogens is 425 g/mol. The molecule has 32 heavy (non-hydrogen) atoms. The summed E-state index contributed by atoms with van der Waals surface area (Å²) < 4.78 is 39.7. The molecule has 0 aliphatic carbocycles. The summed E-state index contributed by atoms with van der Waals surface area (Å²) in [5.74, 6) is 0.0468. The minimum Gasteiger partial charge on any atom is -0.364 e. The van der Waals surface area contributed by atoms with Crippen LogP contribution in [0, 0.1) is 6.92 Å². The molecule has 0 saturated carbocycles. The fraction of sp³-hybridized carbons (Fsp3) is 0.400. The molecule has 2 aliphatic rings. The summed E-state index contributed by atoms with van der Waals surface area (Å²) in [5.41, 5.74) is 0.681. The van der Waals surface area contributed by atoms with Crippen LogP contribution in [0.1, 0.15) is 41.0 Å². The predicted molar refractivity (Wildman–Crippen MR) is 106 cm³/mol. The number of hydrogen-bond acceptors (Lipinski definition) is 7. The van der Waals surface area contributed by atoms with Gasteiger partial charge in [0.15, 0.2) is 11.4 Å². The molecule has 9 nitrogen and oxygen atoms in total. The molecule has 0 spiro atoms. The Bertz CT molecular complexity index is 1130. The van der Waals surface area contributed by atoms with Gasteiger partial charge in [-0.15, -0.1) is 5.10 Å². The first-order chi connectivity index (χ1) is 15.3. The van der Waals surface area contributed by atoms with E-state index in [0.29, 0.717) is 18.3 Å². The van der Waals surface area contributed by atoms with E-state index >= 15 is 0 Å². The van der Waals surface area contributed by atoms with E-state index in [9.17, 15) is 18.0 Å². The lowest BCUT2D eigenvalue weighted by molar-refractivity contribution is -0.141. The Kier molecular flexibility index (Phi) is 4.79. The van der Waals surface area contributed by atoms with Gasteiger partial charge in [0.1, 0.15) is 5.82 Å². The predicted octanol–water partition coefficient (Wildman–Crippen LogP) is 2.64. The molecule has 2 saturated heterocycles. The Hall–Kier alpha value is -3.57. The van der Waals surface area contributed by atoms with Crippen LogP contribution in [-0.2, 0) is 6.18 Å². The molecule has 0 radical (unpaired) electrons. The lowest BCUT2D eigenvalue weighted by Gasteiger charge is -2.25. The van der Waals surface area contributed by atoms with Gasteiger partial charge in [-0.1, -0.05) is 5.21 Å². The number of carbonyl (C=O) groups excluding carboxylic acids is 1.